The lowest BCUT2D eigenvalue weighted by Crippen LogP contribution is -2.25. The fourth-order valence-corrected chi connectivity index (χ4v) is 7.79. The van der Waals surface area contributed by atoms with E-state index in [9.17, 15) is 0 Å². The van der Waals surface area contributed by atoms with Crippen LogP contribution in [0.3, 0.4) is 0 Å². The van der Waals surface area contributed by atoms with Gasteiger partial charge in [-0.3, -0.25) is 0 Å². The summed E-state index contributed by atoms with van der Waals surface area (Å²) in [6.45, 7) is 15.9. The molecule has 4 heteroatoms. The first-order chi connectivity index (χ1) is 8.39. The largest absolute Gasteiger partial charge is 0.363 e. The molecule has 1 atom stereocenters. The third kappa shape index (κ3) is 7.56. The second-order valence-electron chi connectivity index (χ2n) is 5.11. The van der Waals surface area contributed by atoms with Crippen LogP contribution in [0.4, 0.5) is 0 Å². The van der Waals surface area contributed by atoms with Gasteiger partial charge in [0.25, 0.3) is 0 Å². The highest BCUT2D eigenvalue weighted by molar-refractivity contribution is 8.77. The molecule has 0 radical (unpaired) electrons. The highest BCUT2D eigenvalue weighted by Gasteiger charge is 2.25. The molecule has 112 valence electrons. The van der Waals surface area contributed by atoms with Crippen LogP contribution in [0.15, 0.2) is 0 Å². The average Bonchev–Trinajstić information content (AvgIpc) is 2.32. The van der Waals surface area contributed by atoms with E-state index in [4.69, 9.17) is 4.74 Å². The standard InChI is InChI=1S/C14H32OS3/c1-8-18(9-2,10-3)11-14(15-12(4)5)17-16-13(6)7/h12-14H,8-11H2,1-7H3. The van der Waals surface area contributed by atoms with E-state index in [2.05, 4.69) is 48.5 Å². The molecule has 1 nitrogen and oxygen atoms in total. The first kappa shape index (κ1) is 19.0. The van der Waals surface area contributed by atoms with Gasteiger partial charge in [0, 0.05) is 11.0 Å². The summed E-state index contributed by atoms with van der Waals surface area (Å²) in [7, 11) is 3.44. The van der Waals surface area contributed by atoms with Crippen molar-refractivity contribution >= 4 is 31.6 Å². The van der Waals surface area contributed by atoms with Gasteiger partial charge in [-0.25, -0.2) is 10.0 Å². The van der Waals surface area contributed by atoms with Crippen LogP contribution in [0.5, 0.6) is 0 Å². The van der Waals surface area contributed by atoms with E-state index in [1.807, 2.05) is 21.6 Å². The molecule has 0 fully saturated rings. The number of hydrogen-bond acceptors (Lipinski definition) is 3. The number of rotatable bonds is 10. The third-order valence-corrected chi connectivity index (χ3v) is 11.1. The Bertz CT molecular complexity index is 195. The van der Waals surface area contributed by atoms with Crippen molar-refractivity contribution in [3.63, 3.8) is 0 Å². The lowest BCUT2D eigenvalue weighted by atomic mass is 10.5. The van der Waals surface area contributed by atoms with E-state index in [0.717, 1.165) is 0 Å². The van der Waals surface area contributed by atoms with Crippen LogP contribution in [-0.4, -0.2) is 39.8 Å². The first-order valence-electron chi connectivity index (χ1n) is 7.10. The Morgan fingerprint density at radius 3 is 1.72 bits per heavy atom. The van der Waals surface area contributed by atoms with Gasteiger partial charge in [0.15, 0.2) is 0 Å². The molecule has 0 bridgehead atoms. The molecular formula is C14H32OS3. The van der Waals surface area contributed by atoms with Crippen molar-refractivity contribution < 1.29 is 4.74 Å². The zero-order valence-electron chi connectivity index (χ0n) is 13.2. The van der Waals surface area contributed by atoms with Crippen molar-refractivity contribution in [3.05, 3.63) is 0 Å². The smallest absolute Gasteiger partial charge is 0.121 e. The molecule has 0 rings (SSSR count). The molecule has 18 heavy (non-hydrogen) atoms. The summed E-state index contributed by atoms with van der Waals surface area (Å²) in [6.07, 6.45) is 0.331. The molecule has 1 unspecified atom stereocenters. The van der Waals surface area contributed by atoms with E-state index < -0.39 is 10.0 Å². The molecule has 0 aromatic carbocycles. The fraction of sp³-hybridized carbons (Fsp3) is 1.00. The first-order valence-corrected chi connectivity index (χ1v) is 11.7. The summed E-state index contributed by atoms with van der Waals surface area (Å²) >= 11 is 0. The number of ether oxygens (including phenoxy) is 1. The molecule has 0 aliphatic carbocycles. The van der Waals surface area contributed by atoms with Crippen LogP contribution in [-0.2, 0) is 4.74 Å². The molecule has 0 saturated carbocycles. The Balaban J connectivity index is 4.53. The molecule has 0 aromatic heterocycles. The van der Waals surface area contributed by atoms with Gasteiger partial charge >= 0.3 is 0 Å². The zero-order chi connectivity index (χ0) is 14.2. The number of hydrogen-bond donors (Lipinski definition) is 0. The Morgan fingerprint density at radius 1 is 0.889 bits per heavy atom. The topological polar surface area (TPSA) is 9.23 Å². The minimum atomic E-state index is -0.462. The lowest BCUT2D eigenvalue weighted by Gasteiger charge is -2.40. The Kier molecular flexibility index (Phi) is 10.4. The van der Waals surface area contributed by atoms with Crippen molar-refractivity contribution in [3.8, 4) is 0 Å². The predicted octanol–water partition coefficient (Wildman–Crippen LogP) is 5.39. The highest BCUT2D eigenvalue weighted by Crippen LogP contribution is 2.50. The maximum absolute atomic E-state index is 6.12. The van der Waals surface area contributed by atoms with Crippen molar-refractivity contribution in [1.29, 1.82) is 0 Å². The van der Waals surface area contributed by atoms with Crippen LogP contribution in [0.25, 0.3) is 0 Å². The van der Waals surface area contributed by atoms with Crippen molar-refractivity contribution in [2.75, 3.05) is 23.0 Å². The molecule has 0 aliphatic heterocycles. The molecule has 0 aromatic rings. The normalized spacial score (nSPS) is 15.4. The van der Waals surface area contributed by atoms with E-state index >= 15 is 0 Å². The van der Waals surface area contributed by atoms with Gasteiger partial charge in [-0.2, -0.15) is 0 Å². The van der Waals surface area contributed by atoms with E-state index in [-0.39, 0.29) is 0 Å². The van der Waals surface area contributed by atoms with Crippen molar-refractivity contribution in [2.24, 2.45) is 0 Å². The fourth-order valence-electron chi connectivity index (χ4n) is 1.82. The minimum absolute atomic E-state index is 0.331. The van der Waals surface area contributed by atoms with Crippen LogP contribution in [0.2, 0.25) is 0 Å². The maximum atomic E-state index is 6.12. The van der Waals surface area contributed by atoms with Crippen LogP contribution >= 0.6 is 31.6 Å². The van der Waals surface area contributed by atoms with Gasteiger partial charge < -0.3 is 4.74 Å². The monoisotopic (exact) mass is 312 g/mol. The summed E-state index contributed by atoms with van der Waals surface area (Å²) in [5, 5.41) is 0.669. The quantitative estimate of drug-likeness (QED) is 0.395. The molecule has 0 amide bonds. The SMILES string of the molecule is CCS(CC)(CC)CC(OC(C)C)SSC(C)C. The molecule has 0 N–H and O–H groups in total. The minimum Gasteiger partial charge on any atom is -0.363 e. The van der Waals surface area contributed by atoms with E-state index in [1.54, 1.807) is 0 Å². The summed E-state index contributed by atoms with van der Waals surface area (Å²) in [5.41, 5.74) is 0.368. The molecular weight excluding hydrogens is 280 g/mol. The van der Waals surface area contributed by atoms with E-state index in [0.29, 0.717) is 16.8 Å². The predicted molar refractivity (Wildman–Crippen MR) is 94.4 cm³/mol. The Morgan fingerprint density at radius 2 is 1.39 bits per heavy atom. The maximum Gasteiger partial charge on any atom is 0.121 e. The Hall–Kier alpha value is 1.01. The van der Waals surface area contributed by atoms with Crippen LogP contribution in [0, 0.1) is 0 Å². The molecule has 0 heterocycles. The summed E-state index contributed by atoms with van der Waals surface area (Å²) < 4.78 is 6.12. The average molecular weight is 313 g/mol. The molecule has 0 aliphatic rings. The van der Waals surface area contributed by atoms with Gasteiger partial charge in [0.05, 0.1) is 6.10 Å². The van der Waals surface area contributed by atoms with Crippen LogP contribution < -0.4 is 0 Å². The second kappa shape index (κ2) is 9.84. The lowest BCUT2D eigenvalue weighted by molar-refractivity contribution is 0.0718. The Labute approximate surface area is 124 Å². The summed E-state index contributed by atoms with van der Waals surface area (Å²) in [6, 6.07) is 0. The van der Waals surface area contributed by atoms with Gasteiger partial charge in [-0.1, -0.05) is 56.2 Å². The van der Waals surface area contributed by atoms with Gasteiger partial charge in [0.2, 0.25) is 0 Å². The molecule has 0 spiro atoms. The van der Waals surface area contributed by atoms with Gasteiger partial charge in [0.1, 0.15) is 5.44 Å². The summed E-state index contributed by atoms with van der Waals surface area (Å²) in [4.78, 5) is 0. The van der Waals surface area contributed by atoms with Crippen molar-refractivity contribution in [1.82, 2.24) is 0 Å². The van der Waals surface area contributed by atoms with Gasteiger partial charge in [-0.05, 0) is 31.1 Å². The second-order valence-corrected chi connectivity index (χ2v) is 12.6. The highest BCUT2D eigenvalue weighted by atomic mass is 33.1. The summed E-state index contributed by atoms with van der Waals surface area (Å²) in [5.74, 6) is 5.28. The van der Waals surface area contributed by atoms with Crippen LogP contribution in [0.1, 0.15) is 48.5 Å². The molecule has 0 saturated heterocycles. The van der Waals surface area contributed by atoms with Gasteiger partial charge in [-0.15, -0.1) is 0 Å². The van der Waals surface area contributed by atoms with Crippen molar-refractivity contribution in [2.45, 2.75) is 65.3 Å². The third-order valence-electron chi connectivity index (χ3n) is 3.11. The zero-order valence-corrected chi connectivity index (χ0v) is 15.6. The van der Waals surface area contributed by atoms with E-state index in [1.165, 1.54) is 23.0 Å².